The van der Waals surface area contributed by atoms with Crippen LogP contribution in [0.15, 0.2) is 176 Å². The average molecular weight is 671 g/mol. The van der Waals surface area contributed by atoms with Crippen LogP contribution in [0.4, 0.5) is 17.1 Å². The number of hydrogen-bond donors (Lipinski definition) is 0. The number of aryl methyl sites for hydroxylation is 3. The third-order valence-corrected chi connectivity index (χ3v) is 9.58. The molecule has 0 aliphatic rings. The summed E-state index contributed by atoms with van der Waals surface area (Å²) in [7, 11) is 0. The molecule has 0 N–H and O–H groups in total. The summed E-state index contributed by atoms with van der Waals surface area (Å²) in [4.78, 5) is 16.8. The molecule has 3 aromatic heterocycles. The second-order valence-corrected chi connectivity index (χ2v) is 13.1. The number of pyridine rings is 3. The van der Waals surface area contributed by atoms with Gasteiger partial charge >= 0.3 is 0 Å². The number of rotatable bonds is 8. The lowest BCUT2D eigenvalue weighted by Crippen LogP contribution is -2.14. The van der Waals surface area contributed by atoms with E-state index in [1.165, 1.54) is 11.1 Å². The van der Waals surface area contributed by atoms with Crippen LogP contribution in [0.25, 0.3) is 55.9 Å². The largest absolute Gasteiger partial charge is 0.308 e. The standard InChI is InChI=1S/C48H38N4/c1-33-24-26-49-35(3)48(33)52(43-18-12-17-40(28-43)46-19-10-11-25-50-46)44-29-41(37-15-8-5-9-16-37)27-42(30-44)47-31-45(34(2)32-51-47)39-22-20-38(21-23-39)36-13-6-4-7-14-36/h4-32H,1-3H3. The van der Waals surface area contributed by atoms with Gasteiger partial charge in [0.1, 0.15) is 0 Å². The van der Waals surface area contributed by atoms with Gasteiger partial charge in [-0.1, -0.05) is 103 Å². The van der Waals surface area contributed by atoms with Crippen LogP contribution in [0.5, 0.6) is 0 Å². The first kappa shape index (κ1) is 32.5. The van der Waals surface area contributed by atoms with E-state index in [1.54, 1.807) is 0 Å². The van der Waals surface area contributed by atoms with Crippen molar-refractivity contribution in [2.75, 3.05) is 4.90 Å². The van der Waals surface area contributed by atoms with Crippen molar-refractivity contribution in [1.29, 1.82) is 0 Å². The molecule has 0 radical (unpaired) electrons. The summed E-state index contributed by atoms with van der Waals surface area (Å²) in [5.74, 6) is 0. The topological polar surface area (TPSA) is 41.9 Å². The third-order valence-electron chi connectivity index (χ3n) is 9.58. The van der Waals surface area contributed by atoms with Crippen LogP contribution in [0.3, 0.4) is 0 Å². The fourth-order valence-corrected chi connectivity index (χ4v) is 6.92. The first-order chi connectivity index (χ1) is 25.5. The van der Waals surface area contributed by atoms with Gasteiger partial charge in [-0.3, -0.25) is 15.0 Å². The second-order valence-electron chi connectivity index (χ2n) is 13.1. The Bertz CT molecular complexity index is 2450. The van der Waals surface area contributed by atoms with Gasteiger partial charge in [0, 0.05) is 41.1 Å². The zero-order valence-electron chi connectivity index (χ0n) is 29.5. The van der Waals surface area contributed by atoms with E-state index < -0.39 is 0 Å². The Labute approximate surface area is 305 Å². The summed E-state index contributed by atoms with van der Waals surface area (Å²) in [5.41, 5.74) is 17.2. The molecule has 0 saturated heterocycles. The number of nitrogens with zero attached hydrogens (tertiary/aromatic N) is 4. The van der Waals surface area contributed by atoms with Crippen LogP contribution < -0.4 is 4.90 Å². The SMILES string of the molecule is Cc1cnc(-c2cc(-c3ccccc3)cc(N(c3cccc(-c4ccccn4)c3)c3c(C)ccnc3C)c2)cc1-c1ccc(-c2ccccc2)cc1. The van der Waals surface area contributed by atoms with E-state index in [0.717, 1.165) is 78.7 Å². The molecule has 0 unspecified atom stereocenters. The molecule has 0 aliphatic carbocycles. The van der Waals surface area contributed by atoms with Crippen LogP contribution in [0.1, 0.15) is 16.8 Å². The smallest absolute Gasteiger partial charge is 0.0709 e. The molecule has 0 bridgehead atoms. The predicted octanol–water partition coefficient (Wildman–Crippen LogP) is 12.6. The maximum Gasteiger partial charge on any atom is 0.0709 e. The van der Waals surface area contributed by atoms with E-state index in [-0.39, 0.29) is 0 Å². The van der Waals surface area contributed by atoms with Gasteiger partial charge in [-0.05, 0) is 120 Å². The van der Waals surface area contributed by atoms with Gasteiger partial charge in [0.05, 0.1) is 22.8 Å². The van der Waals surface area contributed by atoms with Crippen molar-refractivity contribution in [3.8, 4) is 55.9 Å². The lowest BCUT2D eigenvalue weighted by Gasteiger charge is -2.29. The summed E-state index contributed by atoms with van der Waals surface area (Å²) in [6.45, 7) is 6.36. The minimum Gasteiger partial charge on any atom is -0.308 e. The highest BCUT2D eigenvalue weighted by Gasteiger charge is 2.21. The molecule has 52 heavy (non-hydrogen) atoms. The highest BCUT2D eigenvalue weighted by molar-refractivity contribution is 5.87. The Balaban J connectivity index is 1.30. The van der Waals surface area contributed by atoms with Crippen molar-refractivity contribution in [1.82, 2.24) is 15.0 Å². The van der Waals surface area contributed by atoms with Gasteiger partial charge in [-0.2, -0.15) is 0 Å². The molecule has 5 aromatic carbocycles. The van der Waals surface area contributed by atoms with E-state index >= 15 is 0 Å². The van der Waals surface area contributed by atoms with Gasteiger partial charge < -0.3 is 4.90 Å². The number of aromatic nitrogens is 3. The molecular weight excluding hydrogens is 633 g/mol. The van der Waals surface area contributed by atoms with Gasteiger partial charge in [0.2, 0.25) is 0 Å². The molecule has 8 rings (SSSR count). The molecule has 8 aromatic rings. The Hall–Kier alpha value is -6.65. The predicted molar refractivity (Wildman–Crippen MR) is 216 cm³/mol. The molecule has 0 spiro atoms. The molecule has 0 atom stereocenters. The van der Waals surface area contributed by atoms with E-state index in [9.17, 15) is 0 Å². The summed E-state index contributed by atoms with van der Waals surface area (Å²) in [5, 5.41) is 0. The lowest BCUT2D eigenvalue weighted by atomic mass is 9.95. The minimum atomic E-state index is 0.911. The fourth-order valence-electron chi connectivity index (χ4n) is 6.92. The van der Waals surface area contributed by atoms with E-state index in [0.29, 0.717) is 0 Å². The maximum absolute atomic E-state index is 5.03. The molecule has 0 saturated carbocycles. The van der Waals surface area contributed by atoms with Crippen molar-refractivity contribution in [3.63, 3.8) is 0 Å². The monoisotopic (exact) mass is 670 g/mol. The van der Waals surface area contributed by atoms with Gasteiger partial charge in [0.25, 0.3) is 0 Å². The highest BCUT2D eigenvalue weighted by atomic mass is 15.2. The zero-order valence-corrected chi connectivity index (χ0v) is 29.5. The first-order valence-corrected chi connectivity index (χ1v) is 17.6. The number of hydrogen-bond acceptors (Lipinski definition) is 4. The summed E-state index contributed by atoms with van der Waals surface area (Å²) in [6, 6.07) is 55.6. The average Bonchev–Trinajstić information content (AvgIpc) is 3.20. The van der Waals surface area contributed by atoms with E-state index in [2.05, 4.69) is 170 Å². The first-order valence-electron chi connectivity index (χ1n) is 17.6. The van der Waals surface area contributed by atoms with Crippen LogP contribution >= 0.6 is 0 Å². The molecule has 0 aliphatic heterocycles. The van der Waals surface area contributed by atoms with E-state index in [4.69, 9.17) is 9.97 Å². The van der Waals surface area contributed by atoms with E-state index in [1.807, 2.05) is 36.8 Å². The highest BCUT2D eigenvalue weighted by Crippen LogP contribution is 2.43. The zero-order chi connectivity index (χ0) is 35.4. The molecule has 250 valence electrons. The van der Waals surface area contributed by atoms with Crippen LogP contribution in [-0.4, -0.2) is 15.0 Å². The van der Waals surface area contributed by atoms with Crippen molar-refractivity contribution in [2.24, 2.45) is 0 Å². The van der Waals surface area contributed by atoms with Crippen LogP contribution in [-0.2, 0) is 0 Å². The maximum atomic E-state index is 5.03. The molecule has 0 amide bonds. The fraction of sp³-hybridized carbons (Fsp3) is 0.0625. The van der Waals surface area contributed by atoms with Gasteiger partial charge in [0.15, 0.2) is 0 Å². The Kier molecular flexibility index (Phi) is 8.95. The number of anilines is 3. The van der Waals surface area contributed by atoms with Gasteiger partial charge in [-0.25, -0.2) is 0 Å². The number of benzene rings is 5. The summed E-state index contributed by atoms with van der Waals surface area (Å²) < 4.78 is 0. The summed E-state index contributed by atoms with van der Waals surface area (Å²) in [6.07, 6.45) is 5.71. The molecule has 0 fully saturated rings. The third kappa shape index (κ3) is 6.62. The van der Waals surface area contributed by atoms with Crippen LogP contribution in [0.2, 0.25) is 0 Å². The second kappa shape index (κ2) is 14.3. The minimum absolute atomic E-state index is 0.911. The quantitative estimate of drug-likeness (QED) is 0.161. The van der Waals surface area contributed by atoms with Crippen molar-refractivity contribution < 1.29 is 0 Å². The Morgan fingerprint density at radius 3 is 1.73 bits per heavy atom. The van der Waals surface area contributed by atoms with Crippen molar-refractivity contribution >= 4 is 17.1 Å². The normalized spacial score (nSPS) is 11.0. The van der Waals surface area contributed by atoms with Gasteiger partial charge in [-0.15, -0.1) is 0 Å². The lowest BCUT2D eigenvalue weighted by molar-refractivity contribution is 1.12. The van der Waals surface area contributed by atoms with Crippen molar-refractivity contribution in [3.05, 3.63) is 193 Å². The molecule has 4 nitrogen and oxygen atoms in total. The Morgan fingerprint density at radius 1 is 0.385 bits per heavy atom. The molecule has 4 heteroatoms. The molecular formula is C48H38N4. The summed E-state index contributed by atoms with van der Waals surface area (Å²) >= 11 is 0. The Morgan fingerprint density at radius 2 is 1.02 bits per heavy atom. The van der Waals surface area contributed by atoms with Crippen molar-refractivity contribution in [2.45, 2.75) is 20.8 Å². The molecule has 3 heterocycles. The van der Waals surface area contributed by atoms with Crippen LogP contribution in [0, 0.1) is 20.8 Å².